The van der Waals surface area contributed by atoms with Gasteiger partial charge < -0.3 is 33.8 Å². The fourth-order valence-corrected chi connectivity index (χ4v) is 12.0. The molecule has 0 aliphatic heterocycles. The highest BCUT2D eigenvalue weighted by molar-refractivity contribution is 7.47. The molecule has 0 spiro atoms. The maximum atomic E-state index is 13.1. The highest BCUT2D eigenvalue weighted by Crippen LogP contribution is 2.45. The van der Waals surface area contributed by atoms with Gasteiger partial charge in [0.1, 0.15) is 19.3 Å². The second-order valence-electron chi connectivity index (χ2n) is 25.9. The Morgan fingerprint density at radius 3 is 0.812 bits per heavy atom. The van der Waals surface area contributed by atoms with Crippen LogP contribution in [0.1, 0.15) is 349 Å². The summed E-state index contributed by atoms with van der Waals surface area (Å²) in [6.45, 7) is 4.81. The van der Waals surface area contributed by atoms with Crippen LogP contribution >= 0.6 is 15.6 Å². The van der Waals surface area contributed by atoms with Crippen molar-refractivity contribution in [1.82, 2.24) is 0 Å². The van der Waals surface area contributed by atoms with Crippen LogP contribution in [-0.4, -0.2) is 96.7 Å². The van der Waals surface area contributed by atoms with Crippen molar-refractivity contribution in [3.63, 3.8) is 0 Å². The Labute approximate surface area is 584 Å². The summed E-state index contributed by atoms with van der Waals surface area (Å²) in [5.74, 6) is -2.19. The zero-order chi connectivity index (χ0) is 70.4. The van der Waals surface area contributed by atoms with E-state index in [1.807, 2.05) is 0 Å². The molecule has 3 N–H and O–H groups in total. The second-order valence-corrected chi connectivity index (χ2v) is 28.8. The number of phosphoric acid groups is 2. The van der Waals surface area contributed by atoms with Gasteiger partial charge in [0.15, 0.2) is 12.2 Å². The average molecular weight is 1400 g/mol. The van der Waals surface area contributed by atoms with Crippen LogP contribution < -0.4 is 0 Å². The summed E-state index contributed by atoms with van der Waals surface area (Å²) < 4.78 is 68.4. The molecular weight excluding hydrogens is 1260 g/mol. The normalized spacial score (nSPS) is 14.3. The van der Waals surface area contributed by atoms with Gasteiger partial charge in [-0.1, -0.05) is 249 Å². The van der Waals surface area contributed by atoms with Crippen LogP contribution in [0.15, 0.2) is 60.8 Å². The van der Waals surface area contributed by atoms with Gasteiger partial charge in [-0.25, -0.2) is 9.13 Å². The number of carbonyl (C=O) groups is 4. The number of unbranched alkanes of at least 4 members (excludes halogenated alkanes) is 37. The summed E-state index contributed by atoms with van der Waals surface area (Å²) >= 11 is 0. The molecule has 0 heterocycles. The Kier molecular flexibility index (Phi) is 67.8. The third kappa shape index (κ3) is 69.2. The van der Waals surface area contributed by atoms with Crippen LogP contribution in [0, 0.1) is 0 Å². The third-order valence-corrected chi connectivity index (χ3v) is 18.3. The standard InChI is InChI=1S/C77H140O17P2/c1-5-9-13-17-21-25-29-33-35-39-41-45-49-53-57-61-74(79)87-67-72(93-76(81)63-59-55-51-47-43-37-31-27-23-19-15-11-7-3)69-91-95(83,84)89-65-71(78)66-90-96(85,86)92-70-73(94-77(82)64-60-56-52-48-44-38-32-28-24-20-16-12-8-4)68-88-75(80)62-58-54-50-46-42-40-36-34-30-26-22-18-14-10-6-2/h21,25,27-28,31-36,71-73,78H,5-20,22-24,26,29-30,37-70H2,1-4H3,(H,83,84)(H,85,86)/b25-21-,31-27-,32-28-,35-33-,36-34-/t71-,72-,73-/m1/s1. The number of phosphoric ester groups is 2. The van der Waals surface area contributed by atoms with Crippen LogP contribution in [0.25, 0.3) is 0 Å². The van der Waals surface area contributed by atoms with E-state index in [2.05, 4.69) is 88.5 Å². The van der Waals surface area contributed by atoms with E-state index < -0.39 is 97.5 Å². The van der Waals surface area contributed by atoms with Crippen LogP contribution in [0.5, 0.6) is 0 Å². The molecule has 0 amide bonds. The van der Waals surface area contributed by atoms with Gasteiger partial charge >= 0.3 is 39.5 Å². The number of esters is 4. The fraction of sp³-hybridized carbons (Fsp3) is 0.818. The van der Waals surface area contributed by atoms with E-state index in [9.17, 15) is 43.2 Å². The molecule has 0 saturated carbocycles. The van der Waals surface area contributed by atoms with Crippen molar-refractivity contribution in [1.29, 1.82) is 0 Å². The smallest absolute Gasteiger partial charge is 0.462 e. The van der Waals surface area contributed by atoms with Gasteiger partial charge in [-0.2, -0.15) is 0 Å². The Morgan fingerprint density at radius 1 is 0.292 bits per heavy atom. The van der Waals surface area contributed by atoms with Crippen molar-refractivity contribution in [2.75, 3.05) is 39.6 Å². The van der Waals surface area contributed by atoms with E-state index in [0.29, 0.717) is 25.7 Å². The second kappa shape index (κ2) is 70.2. The lowest BCUT2D eigenvalue weighted by molar-refractivity contribution is -0.161. The maximum absolute atomic E-state index is 13.1. The molecule has 0 rings (SSSR count). The van der Waals surface area contributed by atoms with Crippen LogP contribution in [0.3, 0.4) is 0 Å². The number of aliphatic hydroxyl groups excluding tert-OH is 1. The van der Waals surface area contributed by atoms with Gasteiger partial charge in [0.2, 0.25) is 0 Å². The number of allylic oxidation sites excluding steroid dienone is 10. The Hall–Kier alpha value is -3.24. The summed E-state index contributed by atoms with van der Waals surface area (Å²) in [6.07, 6.45) is 67.8. The van der Waals surface area contributed by atoms with E-state index in [4.69, 9.17) is 37.0 Å². The molecule has 5 atom stereocenters. The molecule has 0 aliphatic rings. The third-order valence-electron chi connectivity index (χ3n) is 16.4. The first kappa shape index (κ1) is 92.8. The summed E-state index contributed by atoms with van der Waals surface area (Å²) in [7, 11) is -9.94. The number of hydrogen-bond donors (Lipinski definition) is 3. The minimum atomic E-state index is -4.97. The summed E-state index contributed by atoms with van der Waals surface area (Å²) in [5.41, 5.74) is 0. The first-order chi connectivity index (χ1) is 46.7. The topological polar surface area (TPSA) is 237 Å². The minimum Gasteiger partial charge on any atom is -0.462 e. The first-order valence-electron chi connectivity index (χ1n) is 38.5. The molecule has 2 unspecified atom stereocenters. The molecule has 0 aliphatic carbocycles. The van der Waals surface area contributed by atoms with E-state index >= 15 is 0 Å². The molecule has 17 nitrogen and oxygen atoms in total. The molecule has 0 aromatic carbocycles. The lowest BCUT2D eigenvalue weighted by atomic mass is 10.1. The van der Waals surface area contributed by atoms with E-state index in [1.54, 1.807) is 0 Å². The molecule has 0 aromatic rings. The van der Waals surface area contributed by atoms with Crippen molar-refractivity contribution in [2.24, 2.45) is 0 Å². The van der Waals surface area contributed by atoms with Gasteiger partial charge in [-0.3, -0.25) is 37.3 Å². The van der Waals surface area contributed by atoms with Gasteiger partial charge in [-0.05, 0) is 135 Å². The molecule has 560 valence electrons. The Morgan fingerprint density at radius 2 is 0.510 bits per heavy atom. The number of aliphatic hydroxyl groups is 1. The minimum absolute atomic E-state index is 0.0849. The van der Waals surface area contributed by atoms with Gasteiger partial charge in [-0.15, -0.1) is 0 Å². The van der Waals surface area contributed by atoms with Crippen LogP contribution in [0.2, 0.25) is 0 Å². The van der Waals surface area contributed by atoms with E-state index in [0.717, 1.165) is 161 Å². The van der Waals surface area contributed by atoms with Crippen molar-refractivity contribution >= 4 is 39.5 Å². The lowest BCUT2D eigenvalue weighted by Crippen LogP contribution is -2.30. The summed E-state index contributed by atoms with van der Waals surface area (Å²) in [6, 6.07) is 0. The highest BCUT2D eigenvalue weighted by Gasteiger charge is 2.30. The number of rotatable bonds is 73. The molecule has 0 saturated heterocycles. The first-order valence-corrected chi connectivity index (χ1v) is 41.5. The monoisotopic (exact) mass is 1400 g/mol. The Balaban J connectivity index is 5.33. The maximum Gasteiger partial charge on any atom is 0.472 e. The fourth-order valence-electron chi connectivity index (χ4n) is 10.5. The number of carbonyl (C=O) groups excluding carboxylic acids is 4. The van der Waals surface area contributed by atoms with Gasteiger partial charge in [0.05, 0.1) is 26.4 Å². The van der Waals surface area contributed by atoms with Crippen molar-refractivity contribution < 1.29 is 80.2 Å². The summed E-state index contributed by atoms with van der Waals surface area (Å²) in [4.78, 5) is 72.8. The molecule has 0 aromatic heterocycles. The van der Waals surface area contributed by atoms with E-state index in [-0.39, 0.29) is 25.7 Å². The molecule has 96 heavy (non-hydrogen) atoms. The quantitative estimate of drug-likeness (QED) is 0.0169. The number of ether oxygens (including phenoxy) is 4. The van der Waals surface area contributed by atoms with Crippen LogP contribution in [0.4, 0.5) is 0 Å². The van der Waals surface area contributed by atoms with Crippen molar-refractivity contribution in [3.8, 4) is 0 Å². The predicted octanol–water partition coefficient (Wildman–Crippen LogP) is 21.9. The molecule has 0 fully saturated rings. The lowest BCUT2D eigenvalue weighted by Gasteiger charge is -2.21. The number of hydrogen-bond acceptors (Lipinski definition) is 15. The van der Waals surface area contributed by atoms with Gasteiger partial charge in [0.25, 0.3) is 0 Å². The zero-order valence-corrected chi connectivity index (χ0v) is 62.8. The predicted molar refractivity (Wildman–Crippen MR) is 390 cm³/mol. The molecule has 0 radical (unpaired) electrons. The zero-order valence-electron chi connectivity index (χ0n) is 61.1. The molecule has 0 bridgehead atoms. The Bertz CT molecular complexity index is 2060. The average Bonchev–Trinajstić information content (AvgIpc) is 1.14. The van der Waals surface area contributed by atoms with Crippen molar-refractivity contribution in [2.45, 2.75) is 367 Å². The van der Waals surface area contributed by atoms with Crippen molar-refractivity contribution in [3.05, 3.63) is 60.8 Å². The van der Waals surface area contributed by atoms with Crippen LogP contribution in [-0.2, 0) is 65.4 Å². The van der Waals surface area contributed by atoms with E-state index in [1.165, 1.54) is 109 Å². The summed E-state index contributed by atoms with van der Waals surface area (Å²) in [5, 5.41) is 10.6. The largest absolute Gasteiger partial charge is 0.472 e. The van der Waals surface area contributed by atoms with Gasteiger partial charge in [0, 0.05) is 25.7 Å². The molecule has 19 heteroatoms. The SMILES string of the molecule is CCCCC/C=C\C/C=C\CCCCCCCC(=O)OC[C@H](COP(=O)(O)OC[C@@H](O)COP(=O)(O)OC[C@@H](COC(=O)CCCCCCC/C=C\CCCCCCCC)OC(=O)CCCCCCC/C=C\CCCCCC)OC(=O)CCCCCCC/C=C\CCCCCC. The molecular formula is C77H140O17P2. The highest BCUT2D eigenvalue weighted by atomic mass is 31.2.